The van der Waals surface area contributed by atoms with Crippen LogP contribution in [0.25, 0.3) is 0 Å². The summed E-state index contributed by atoms with van der Waals surface area (Å²) in [6, 6.07) is 7.46. The van der Waals surface area contributed by atoms with Gasteiger partial charge in [0.2, 0.25) is 5.91 Å². The van der Waals surface area contributed by atoms with Crippen LogP contribution in [0.1, 0.15) is 24.8 Å². The van der Waals surface area contributed by atoms with E-state index in [0.29, 0.717) is 17.8 Å². The van der Waals surface area contributed by atoms with Crippen LogP contribution in [0.3, 0.4) is 0 Å². The van der Waals surface area contributed by atoms with E-state index < -0.39 is 0 Å². The molecule has 1 aromatic carbocycles. The summed E-state index contributed by atoms with van der Waals surface area (Å²) >= 11 is 0. The van der Waals surface area contributed by atoms with Gasteiger partial charge in [0.05, 0.1) is 24.8 Å². The number of anilines is 1. The number of ether oxygens (including phenoxy) is 1. The van der Waals surface area contributed by atoms with Crippen molar-refractivity contribution in [3.8, 4) is 12.3 Å². The van der Waals surface area contributed by atoms with Gasteiger partial charge < -0.3 is 20.7 Å². The van der Waals surface area contributed by atoms with Gasteiger partial charge in [0.1, 0.15) is 0 Å². The average molecular weight is 454 g/mol. The van der Waals surface area contributed by atoms with E-state index in [4.69, 9.17) is 11.2 Å². The zero-order valence-corrected chi connectivity index (χ0v) is 16.4. The van der Waals surface area contributed by atoms with Gasteiger partial charge in [0.25, 0.3) is 0 Å². The van der Waals surface area contributed by atoms with Crippen molar-refractivity contribution < 1.29 is 9.53 Å². The van der Waals surface area contributed by atoms with Crippen molar-refractivity contribution in [1.82, 2.24) is 10.6 Å². The maximum absolute atomic E-state index is 12.1. The lowest BCUT2D eigenvalue weighted by atomic mass is 9.96. The predicted octanol–water partition coefficient (Wildman–Crippen LogP) is 1.71. The van der Waals surface area contributed by atoms with Gasteiger partial charge in [0, 0.05) is 18.3 Å². The minimum Gasteiger partial charge on any atom is -0.373 e. The van der Waals surface area contributed by atoms with Crippen LogP contribution >= 0.6 is 24.0 Å². The molecule has 0 spiro atoms. The van der Waals surface area contributed by atoms with Crippen molar-refractivity contribution >= 4 is 41.5 Å². The largest absolute Gasteiger partial charge is 0.373 e. The Morgan fingerprint density at radius 3 is 2.92 bits per heavy atom. The average Bonchev–Trinajstić information content (AvgIpc) is 3.21. The first kappa shape index (κ1) is 19.5. The van der Waals surface area contributed by atoms with Gasteiger partial charge in [-0.2, -0.15) is 0 Å². The first-order valence-electron chi connectivity index (χ1n) is 8.17. The zero-order valence-electron chi connectivity index (χ0n) is 14.1. The Kier molecular flexibility index (Phi) is 7.08. The number of fused-ring (bicyclic) bond motifs is 2. The number of rotatable bonds is 4. The molecule has 0 saturated carbocycles. The van der Waals surface area contributed by atoms with Crippen molar-refractivity contribution in [1.29, 1.82) is 0 Å². The quantitative estimate of drug-likeness (QED) is 0.280. The van der Waals surface area contributed by atoms with Crippen LogP contribution in [-0.4, -0.2) is 43.7 Å². The van der Waals surface area contributed by atoms with Crippen molar-refractivity contribution in [2.75, 3.05) is 18.9 Å². The molecule has 0 radical (unpaired) electrons. The predicted molar refractivity (Wildman–Crippen MR) is 109 cm³/mol. The van der Waals surface area contributed by atoms with E-state index in [-0.39, 0.29) is 48.6 Å². The molecule has 2 saturated heterocycles. The van der Waals surface area contributed by atoms with Crippen LogP contribution in [0.15, 0.2) is 29.3 Å². The molecule has 7 heteroatoms. The number of benzene rings is 1. The molecular weight excluding hydrogens is 431 g/mol. The molecule has 2 bridgehead atoms. The van der Waals surface area contributed by atoms with Gasteiger partial charge in [0.15, 0.2) is 5.96 Å². The van der Waals surface area contributed by atoms with E-state index in [1.54, 1.807) is 19.2 Å². The number of hydrogen-bond donors (Lipinski definition) is 3. The van der Waals surface area contributed by atoms with Crippen molar-refractivity contribution in [3.63, 3.8) is 0 Å². The fraction of sp³-hybridized carbons (Fsp3) is 0.444. The summed E-state index contributed by atoms with van der Waals surface area (Å²) in [5.41, 5.74) is 1.41. The SMILES string of the molecule is C#Cc1cccc(NC(=O)CNC(=NC)NC2CC3CCC2O3)c1.I. The van der Waals surface area contributed by atoms with Crippen molar-refractivity contribution in [2.24, 2.45) is 4.99 Å². The number of nitrogens with one attached hydrogen (secondary N) is 3. The molecule has 3 rings (SSSR count). The maximum Gasteiger partial charge on any atom is 0.243 e. The second kappa shape index (κ2) is 9.06. The monoisotopic (exact) mass is 454 g/mol. The number of carbonyl (C=O) groups is 1. The summed E-state index contributed by atoms with van der Waals surface area (Å²) in [5.74, 6) is 3.00. The minimum absolute atomic E-state index is 0. The molecule has 3 N–H and O–H groups in total. The Bertz CT molecular complexity index is 686. The Morgan fingerprint density at radius 2 is 2.28 bits per heavy atom. The van der Waals surface area contributed by atoms with E-state index in [1.807, 2.05) is 12.1 Å². The third kappa shape index (κ3) is 5.09. The molecular formula is C18H23IN4O2. The molecule has 25 heavy (non-hydrogen) atoms. The fourth-order valence-electron chi connectivity index (χ4n) is 3.22. The summed E-state index contributed by atoms with van der Waals surface area (Å²) in [6.45, 7) is 0.127. The highest BCUT2D eigenvalue weighted by atomic mass is 127. The first-order valence-corrected chi connectivity index (χ1v) is 8.17. The van der Waals surface area contributed by atoms with E-state index >= 15 is 0 Å². The normalized spacial score (nSPS) is 24.2. The Morgan fingerprint density at radius 1 is 1.44 bits per heavy atom. The van der Waals surface area contributed by atoms with E-state index in [2.05, 4.69) is 26.9 Å². The number of terminal acetylenes is 1. The summed E-state index contributed by atoms with van der Waals surface area (Å²) in [6.07, 6.45) is 9.22. The van der Waals surface area contributed by atoms with Crippen LogP contribution in [0, 0.1) is 12.3 Å². The number of guanidine groups is 1. The number of hydrogen-bond acceptors (Lipinski definition) is 3. The second-order valence-electron chi connectivity index (χ2n) is 6.06. The lowest BCUT2D eigenvalue weighted by molar-refractivity contribution is -0.115. The molecule has 1 aromatic rings. The summed E-state index contributed by atoms with van der Waals surface area (Å²) < 4.78 is 5.82. The molecule has 3 atom stereocenters. The molecule has 2 fully saturated rings. The molecule has 2 aliphatic heterocycles. The van der Waals surface area contributed by atoms with Gasteiger partial charge in [-0.05, 0) is 37.5 Å². The molecule has 2 heterocycles. The molecule has 1 amide bonds. The van der Waals surface area contributed by atoms with E-state index in [1.165, 1.54) is 0 Å². The number of halogens is 1. The molecule has 2 aliphatic rings. The topological polar surface area (TPSA) is 74.8 Å². The van der Waals surface area contributed by atoms with Crippen LogP contribution in [0.4, 0.5) is 5.69 Å². The molecule has 6 nitrogen and oxygen atoms in total. The van der Waals surface area contributed by atoms with Crippen LogP contribution < -0.4 is 16.0 Å². The van der Waals surface area contributed by atoms with Crippen LogP contribution in [0.5, 0.6) is 0 Å². The second-order valence-corrected chi connectivity index (χ2v) is 6.06. The molecule has 3 unspecified atom stereocenters. The third-order valence-electron chi connectivity index (χ3n) is 4.38. The summed E-state index contributed by atoms with van der Waals surface area (Å²) in [4.78, 5) is 16.2. The summed E-state index contributed by atoms with van der Waals surface area (Å²) in [5, 5.41) is 9.19. The highest BCUT2D eigenvalue weighted by Gasteiger charge is 2.41. The molecule has 134 valence electrons. The zero-order chi connectivity index (χ0) is 16.9. The number of aliphatic imine (C=N–C) groups is 1. The smallest absolute Gasteiger partial charge is 0.243 e. The van der Waals surface area contributed by atoms with E-state index in [9.17, 15) is 4.79 Å². The van der Waals surface area contributed by atoms with Gasteiger partial charge in [-0.25, -0.2) is 0 Å². The number of carbonyl (C=O) groups excluding carboxylic acids is 1. The minimum atomic E-state index is -0.156. The standard InChI is InChI=1S/C18H22N4O2.HI/c1-3-12-5-4-6-13(9-12)21-17(23)11-20-18(19-2)22-15-10-14-7-8-16(15)24-14;/h1,4-6,9,14-16H,7-8,10-11H2,2H3,(H,21,23)(H2,19,20,22);1H. The lowest BCUT2D eigenvalue weighted by Gasteiger charge is -2.22. The Balaban J connectivity index is 0.00000225. The molecule has 0 aliphatic carbocycles. The number of nitrogens with zero attached hydrogens (tertiary/aromatic N) is 1. The van der Waals surface area contributed by atoms with E-state index in [0.717, 1.165) is 24.8 Å². The van der Waals surface area contributed by atoms with Crippen molar-refractivity contribution in [2.45, 2.75) is 37.5 Å². The highest BCUT2D eigenvalue weighted by molar-refractivity contribution is 14.0. The van der Waals surface area contributed by atoms with Gasteiger partial charge in [-0.15, -0.1) is 30.4 Å². The number of amides is 1. The van der Waals surface area contributed by atoms with Gasteiger partial charge >= 0.3 is 0 Å². The van der Waals surface area contributed by atoms with Crippen molar-refractivity contribution in [3.05, 3.63) is 29.8 Å². The van der Waals surface area contributed by atoms with Crippen LogP contribution in [0.2, 0.25) is 0 Å². The third-order valence-corrected chi connectivity index (χ3v) is 4.38. The van der Waals surface area contributed by atoms with Gasteiger partial charge in [-0.1, -0.05) is 12.0 Å². The van der Waals surface area contributed by atoms with Crippen LogP contribution in [-0.2, 0) is 9.53 Å². The Labute approximate surface area is 165 Å². The fourth-order valence-corrected chi connectivity index (χ4v) is 3.22. The first-order chi connectivity index (χ1) is 11.7. The Hall–Kier alpha value is -1.79. The lowest BCUT2D eigenvalue weighted by Crippen LogP contribution is -2.49. The summed E-state index contributed by atoms with van der Waals surface area (Å²) in [7, 11) is 1.69. The van der Waals surface area contributed by atoms with Gasteiger partial charge in [-0.3, -0.25) is 9.79 Å². The molecule has 0 aromatic heterocycles. The maximum atomic E-state index is 12.1. The highest BCUT2D eigenvalue weighted by Crippen LogP contribution is 2.34.